The van der Waals surface area contributed by atoms with Gasteiger partial charge in [0.25, 0.3) is 5.91 Å². The van der Waals surface area contributed by atoms with Crippen molar-refractivity contribution in [3.8, 4) is 0 Å². The standard InChI is InChI=1S/C15H19N3OS2/c1-20-15(6-2-3-7-15)9-18-14(19)13-11(16)12-10(21-13)5-4-8-17-12/h4-5,8H,2-3,6-7,9,16H2,1H3,(H,18,19). The molecule has 0 bridgehead atoms. The Morgan fingerprint density at radius 3 is 2.95 bits per heavy atom. The molecule has 3 N–H and O–H groups in total. The smallest absolute Gasteiger partial charge is 0.263 e. The molecule has 1 fully saturated rings. The summed E-state index contributed by atoms with van der Waals surface area (Å²) in [5, 5.41) is 3.08. The highest BCUT2D eigenvalue weighted by atomic mass is 32.2. The fraction of sp³-hybridized carbons (Fsp3) is 0.467. The van der Waals surface area contributed by atoms with Crippen molar-refractivity contribution in [1.82, 2.24) is 10.3 Å². The number of nitrogens with one attached hydrogen (secondary N) is 1. The summed E-state index contributed by atoms with van der Waals surface area (Å²) in [6.45, 7) is 0.716. The molecule has 112 valence electrons. The SMILES string of the molecule is CSC1(CNC(=O)c2sc3cccnc3c2N)CCCC1. The zero-order valence-electron chi connectivity index (χ0n) is 12.0. The zero-order valence-corrected chi connectivity index (χ0v) is 13.6. The minimum absolute atomic E-state index is 0.0733. The fourth-order valence-electron chi connectivity index (χ4n) is 2.91. The van der Waals surface area contributed by atoms with E-state index < -0.39 is 0 Å². The number of amides is 1. The van der Waals surface area contributed by atoms with Gasteiger partial charge in [-0.15, -0.1) is 11.3 Å². The monoisotopic (exact) mass is 321 g/mol. The lowest BCUT2D eigenvalue weighted by molar-refractivity contribution is 0.0954. The largest absolute Gasteiger partial charge is 0.396 e. The highest BCUT2D eigenvalue weighted by Crippen LogP contribution is 2.40. The van der Waals surface area contributed by atoms with Crippen molar-refractivity contribution in [1.29, 1.82) is 0 Å². The number of hydrogen-bond acceptors (Lipinski definition) is 5. The average Bonchev–Trinajstić information content (AvgIpc) is 3.11. The second-order valence-electron chi connectivity index (χ2n) is 5.47. The number of carbonyl (C=O) groups is 1. The number of thiophene rings is 1. The number of aromatic nitrogens is 1. The van der Waals surface area contributed by atoms with Crippen LogP contribution in [0.5, 0.6) is 0 Å². The Kier molecular flexibility index (Phi) is 4.08. The number of pyridine rings is 1. The van der Waals surface area contributed by atoms with Gasteiger partial charge in [0.05, 0.1) is 10.4 Å². The van der Waals surface area contributed by atoms with Crippen LogP contribution in [-0.4, -0.2) is 28.4 Å². The lowest BCUT2D eigenvalue weighted by Crippen LogP contribution is -2.38. The van der Waals surface area contributed by atoms with Crippen LogP contribution in [0.4, 0.5) is 5.69 Å². The molecule has 0 aliphatic heterocycles. The molecule has 21 heavy (non-hydrogen) atoms. The van der Waals surface area contributed by atoms with Crippen molar-refractivity contribution in [3.05, 3.63) is 23.2 Å². The van der Waals surface area contributed by atoms with Crippen LogP contribution < -0.4 is 11.1 Å². The van der Waals surface area contributed by atoms with E-state index in [2.05, 4.69) is 16.6 Å². The van der Waals surface area contributed by atoms with Gasteiger partial charge in [-0.05, 0) is 31.2 Å². The lowest BCUT2D eigenvalue weighted by atomic mass is 10.1. The van der Waals surface area contributed by atoms with Gasteiger partial charge in [0, 0.05) is 17.5 Å². The number of nitrogen functional groups attached to an aromatic ring is 1. The van der Waals surface area contributed by atoms with E-state index in [1.54, 1.807) is 6.20 Å². The summed E-state index contributed by atoms with van der Waals surface area (Å²) < 4.78 is 1.17. The van der Waals surface area contributed by atoms with Gasteiger partial charge in [-0.1, -0.05) is 12.8 Å². The van der Waals surface area contributed by atoms with E-state index in [1.807, 2.05) is 23.9 Å². The van der Waals surface area contributed by atoms with E-state index in [4.69, 9.17) is 5.73 Å². The molecule has 1 saturated carbocycles. The lowest BCUT2D eigenvalue weighted by Gasteiger charge is -2.26. The first-order valence-corrected chi connectivity index (χ1v) is 9.16. The summed E-state index contributed by atoms with van der Waals surface area (Å²) in [5.74, 6) is -0.0733. The maximum absolute atomic E-state index is 12.4. The van der Waals surface area contributed by atoms with E-state index in [-0.39, 0.29) is 10.7 Å². The molecule has 2 aromatic rings. The normalized spacial score (nSPS) is 17.2. The van der Waals surface area contributed by atoms with Crippen LogP contribution >= 0.6 is 23.1 Å². The number of carbonyl (C=O) groups excluding carboxylic acids is 1. The van der Waals surface area contributed by atoms with Gasteiger partial charge in [-0.3, -0.25) is 9.78 Å². The van der Waals surface area contributed by atoms with E-state index >= 15 is 0 Å². The van der Waals surface area contributed by atoms with Gasteiger partial charge in [0.1, 0.15) is 10.4 Å². The Morgan fingerprint density at radius 1 is 1.52 bits per heavy atom. The molecule has 0 unspecified atom stereocenters. The maximum atomic E-state index is 12.4. The van der Waals surface area contributed by atoms with Crippen molar-refractivity contribution in [3.63, 3.8) is 0 Å². The molecule has 0 radical (unpaired) electrons. The number of anilines is 1. The predicted molar refractivity (Wildman–Crippen MR) is 91.1 cm³/mol. The Balaban J connectivity index is 1.76. The van der Waals surface area contributed by atoms with E-state index in [0.29, 0.717) is 17.1 Å². The Hall–Kier alpha value is -1.27. The van der Waals surface area contributed by atoms with Crippen LogP contribution in [0.2, 0.25) is 0 Å². The molecule has 0 atom stereocenters. The van der Waals surface area contributed by atoms with Crippen LogP contribution in [0.25, 0.3) is 10.2 Å². The molecule has 0 saturated heterocycles. The van der Waals surface area contributed by atoms with Crippen LogP contribution in [0, 0.1) is 0 Å². The second kappa shape index (κ2) is 5.85. The third-order valence-corrected chi connectivity index (χ3v) is 6.78. The Bertz CT molecular complexity index is 662. The zero-order chi connectivity index (χ0) is 14.9. The fourth-order valence-corrected chi connectivity index (χ4v) is 4.82. The Labute approximate surface area is 132 Å². The third-order valence-electron chi connectivity index (χ3n) is 4.21. The summed E-state index contributed by atoms with van der Waals surface area (Å²) in [6, 6.07) is 3.81. The van der Waals surface area contributed by atoms with E-state index in [0.717, 1.165) is 10.2 Å². The quantitative estimate of drug-likeness (QED) is 0.907. The first-order valence-electron chi connectivity index (χ1n) is 7.11. The summed E-state index contributed by atoms with van der Waals surface area (Å²) >= 11 is 3.29. The summed E-state index contributed by atoms with van der Waals surface area (Å²) in [4.78, 5) is 17.3. The molecule has 1 aliphatic carbocycles. The molecular weight excluding hydrogens is 302 g/mol. The van der Waals surface area contributed by atoms with Crippen molar-refractivity contribution in [2.24, 2.45) is 0 Å². The van der Waals surface area contributed by atoms with Crippen molar-refractivity contribution >= 4 is 44.9 Å². The van der Waals surface area contributed by atoms with E-state index in [1.165, 1.54) is 37.0 Å². The molecule has 4 nitrogen and oxygen atoms in total. The van der Waals surface area contributed by atoms with Crippen molar-refractivity contribution in [2.45, 2.75) is 30.4 Å². The first-order chi connectivity index (χ1) is 10.2. The minimum Gasteiger partial charge on any atom is -0.396 e. The van der Waals surface area contributed by atoms with Crippen LogP contribution in [0.1, 0.15) is 35.4 Å². The molecule has 6 heteroatoms. The number of nitrogens with two attached hydrogens (primary N) is 1. The molecule has 1 amide bonds. The van der Waals surface area contributed by atoms with Crippen LogP contribution in [0.3, 0.4) is 0 Å². The highest BCUT2D eigenvalue weighted by molar-refractivity contribution is 8.00. The molecule has 1 aliphatic rings. The second-order valence-corrected chi connectivity index (χ2v) is 7.80. The highest BCUT2D eigenvalue weighted by Gasteiger charge is 2.33. The van der Waals surface area contributed by atoms with Crippen LogP contribution in [-0.2, 0) is 0 Å². The van der Waals surface area contributed by atoms with Gasteiger partial charge in [0.15, 0.2) is 0 Å². The van der Waals surface area contributed by atoms with Crippen molar-refractivity contribution < 1.29 is 4.79 Å². The van der Waals surface area contributed by atoms with Gasteiger partial charge >= 0.3 is 0 Å². The third kappa shape index (κ3) is 2.74. The topological polar surface area (TPSA) is 68.0 Å². The summed E-state index contributed by atoms with van der Waals surface area (Å²) in [5.41, 5.74) is 7.30. The number of thioether (sulfide) groups is 1. The number of nitrogens with zero attached hydrogens (tertiary/aromatic N) is 1. The number of hydrogen-bond donors (Lipinski definition) is 2. The van der Waals surface area contributed by atoms with Gasteiger partial charge in [-0.2, -0.15) is 11.8 Å². The molecule has 0 aromatic carbocycles. The summed E-state index contributed by atoms with van der Waals surface area (Å²) in [6.07, 6.45) is 8.71. The molecule has 0 spiro atoms. The predicted octanol–water partition coefficient (Wildman–Crippen LogP) is 3.28. The summed E-state index contributed by atoms with van der Waals surface area (Å²) in [7, 11) is 0. The first kappa shape index (κ1) is 14.7. The van der Waals surface area contributed by atoms with Gasteiger partial charge in [0.2, 0.25) is 0 Å². The number of fused-ring (bicyclic) bond motifs is 1. The molecule has 3 rings (SSSR count). The Morgan fingerprint density at radius 2 is 2.29 bits per heavy atom. The number of rotatable bonds is 4. The minimum atomic E-state index is -0.0733. The molecule has 2 aromatic heterocycles. The molecule has 2 heterocycles. The van der Waals surface area contributed by atoms with Gasteiger partial charge in [-0.25, -0.2) is 0 Å². The van der Waals surface area contributed by atoms with Crippen LogP contribution in [0.15, 0.2) is 18.3 Å². The molecular formula is C15H19N3OS2. The average molecular weight is 321 g/mol. The van der Waals surface area contributed by atoms with Gasteiger partial charge < -0.3 is 11.1 Å². The van der Waals surface area contributed by atoms with Crippen molar-refractivity contribution in [2.75, 3.05) is 18.5 Å². The maximum Gasteiger partial charge on any atom is 0.263 e. The van der Waals surface area contributed by atoms with E-state index in [9.17, 15) is 4.79 Å².